The number of amides is 2. The van der Waals surface area contributed by atoms with Crippen molar-refractivity contribution >= 4 is 17.3 Å². The van der Waals surface area contributed by atoms with Gasteiger partial charge in [-0.1, -0.05) is 6.07 Å². The van der Waals surface area contributed by atoms with Crippen LogP contribution in [0.15, 0.2) is 24.4 Å². The van der Waals surface area contributed by atoms with Gasteiger partial charge in [-0.05, 0) is 39.1 Å². The predicted molar refractivity (Wildman–Crippen MR) is 103 cm³/mol. The molecule has 0 aromatic carbocycles. The number of pyridine rings is 1. The molecule has 7 heteroatoms. The Balaban J connectivity index is 1.44. The summed E-state index contributed by atoms with van der Waals surface area (Å²) in [6.07, 6.45) is 4.82. The zero-order valence-electron chi connectivity index (χ0n) is 16.1. The monoisotopic (exact) mass is 369 g/mol. The molecule has 0 bridgehead atoms. The third-order valence-electron chi connectivity index (χ3n) is 5.41. The third-order valence-corrected chi connectivity index (χ3v) is 5.41. The van der Waals surface area contributed by atoms with Gasteiger partial charge in [0, 0.05) is 51.3 Å². The first-order valence-electron chi connectivity index (χ1n) is 9.73. The number of hydrogen-bond donors (Lipinski definition) is 0. The van der Waals surface area contributed by atoms with E-state index in [4.69, 9.17) is 4.98 Å². The van der Waals surface area contributed by atoms with E-state index >= 15 is 0 Å². The van der Waals surface area contributed by atoms with Crippen molar-refractivity contribution in [2.24, 2.45) is 0 Å². The first-order chi connectivity index (χ1) is 13.0. The standard InChI is InChI=1S/C20H27N5O2/c1-22(2)10-8-17(26)23-11-13-24(14-12-23)20(27)18-16-5-3-4-9-25(16)19(21-18)15-6-7-15/h3-5,9,15H,6-8,10-14H2,1-2H3. The zero-order valence-corrected chi connectivity index (χ0v) is 16.1. The summed E-state index contributed by atoms with van der Waals surface area (Å²) in [4.78, 5) is 35.8. The number of carbonyl (C=O) groups is 2. The molecule has 2 amide bonds. The fourth-order valence-corrected chi connectivity index (χ4v) is 3.63. The molecule has 1 aliphatic carbocycles. The van der Waals surface area contributed by atoms with Gasteiger partial charge in [0.1, 0.15) is 5.82 Å². The van der Waals surface area contributed by atoms with Crippen LogP contribution in [0.3, 0.4) is 0 Å². The molecule has 0 spiro atoms. The highest BCUT2D eigenvalue weighted by atomic mass is 16.2. The number of nitrogens with zero attached hydrogens (tertiary/aromatic N) is 5. The third kappa shape index (κ3) is 3.69. The fraction of sp³-hybridized carbons (Fsp3) is 0.550. The number of aromatic nitrogens is 2. The van der Waals surface area contributed by atoms with Crippen LogP contribution >= 0.6 is 0 Å². The van der Waals surface area contributed by atoms with Gasteiger partial charge >= 0.3 is 0 Å². The van der Waals surface area contributed by atoms with E-state index < -0.39 is 0 Å². The van der Waals surface area contributed by atoms with Crippen molar-refractivity contribution in [2.45, 2.75) is 25.2 Å². The summed E-state index contributed by atoms with van der Waals surface area (Å²) in [5.41, 5.74) is 1.43. The number of rotatable bonds is 5. The Labute approximate surface area is 159 Å². The zero-order chi connectivity index (χ0) is 19.0. The Bertz CT molecular complexity index is 847. The molecule has 4 rings (SSSR count). The van der Waals surface area contributed by atoms with Crippen LogP contribution in [-0.4, -0.2) is 82.7 Å². The lowest BCUT2D eigenvalue weighted by molar-refractivity contribution is -0.132. The van der Waals surface area contributed by atoms with E-state index in [1.165, 1.54) is 0 Å². The maximum Gasteiger partial charge on any atom is 0.274 e. The Morgan fingerprint density at radius 3 is 2.48 bits per heavy atom. The van der Waals surface area contributed by atoms with Crippen molar-refractivity contribution in [3.63, 3.8) is 0 Å². The van der Waals surface area contributed by atoms with Gasteiger partial charge in [0.25, 0.3) is 5.91 Å². The topological polar surface area (TPSA) is 61.2 Å². The highest BCUT2D eigenvalue weighted by molar-refractivity contribution is 5.99. The highest BCUT2D eigenvalue weighted by Gasteiger charge is 2.32. The average molecular weight is 369 g/mol. The summed E-state index contributed by atoms with van der Waals surface area (Å²) < 4.78 is 2.06. The lowest BCUT2D eigenvalue weighted by Gasteiger charge is -2.34. The Hall–Kier alpha value is -2.41. The molecule has 2 aliphatic rings. The number of carbonyl (C=O) groups excluding carboxylic acids is 2. The van der Waals surface area contributed by atoms with Crippen molar-refractivity contribution in [1.82, 2.24) is 24.1 Å². The molecule has 2 aromatic heterocycles. The minimum atomic E-state index is -0.0222. The molecule has 0 radical (unpaired) electrons. The second-order valence-corrected chi connectivity index (χ2v) is 7.78. The van der Waals surface area contributed by atoms with Gasteiger partial charge in [-0.3, -0.25) is 9.59 Å². The molecule has 1 saturated carbocycles. The summed E-state index contributed by atoms with van der Waals surface area (Å²) in [5.74, 6) is 1.63. The molecule has 3 heterocycles. The maximum absolute atomic E-state index is 13.1. The van der Waals surface area contributed by atoms with E-state index in [-0.39, 0.29) is 11.8 Å². The van der Waals surface area contributed by atoms with Gasteiger partial charge < -0.3 is 19.1 Å². The largest absolute Gasteiger partial charge is 0.339 e. The molecule has 0 atom stereocenters. The average Bonchev–Trinajstić information content (AvgIpc) is 3.46. The summed E-state index contributed by atoms with van der Waals surface area (Å²) in [6.45, 7) is 3.08. The van der Waals surface area contributed by atoms with E-state index in [9.17, 15) is 9.59 Å². The maximum atomic E-state index is 13.1. The van der Waals surface area contributed by atoms with Crippen LogP contribution in [0.2, 0.25) is 0 Å². The minimum Gasteiger partial charge on any atom is -0.339 e. The molecule has 1 aliphatic heterocycles. The molecule has 1 saturated heterocycles. The van der Waals surface area contributed by atoms with E-state index in [0.717, 1.165) is 30.7 Å². The van der Waals surface area contributed by atoms with Crippen LogP contribution in [0.25, 0.3) is 5.52 Å². The predicted octanol–water partition coefficient (Wildman–Crippen LogP) is 1.45. The van der Waals surface area contributed by atoms with Gasteiger partial charge in [0.15, 0.2) is 5.69 Å². The van der Waals surface area contributed by atoms with Crippen molar-refractivity contribution < 1.29 is 9.59 Å². The molecule has 2 aromatic rings. The van der Waals surface area contributed by atoms with Gasteiger partial charge in [-0.2, -0.15) is 0 Å². The molecular formula is C20H27N5O2. The Morgan fingerprint density at radius 2 is 1.81 bits per heavy atom. The Morgan fingerprint density at radius 1 is 1.11 bits per heavy atom. The summed E-state index contributed by atoms with van der Waals surface area (Å²) >= 11 is 0. The minimum absolute atomic E-state index is 0.0222. The van der Waals surface area contributed by atoms with E-state index in [1.807, 2.05) is 53.2 Å². The quantitative estimate of drug-likeness (QED) is 0.800. The van der Waals surface area contributed by atoms with Crippen LogP contribution < -0.4 is 0 Å². The summed E-state index contributed by atoms with van der Waals surface area (Å²) in [7, 11) is 3.93. The molecule has 144 valence electrons. The van der Waals surface area contributed by atoms with Crippen LogP contribution in [0, 0.1) is 0 Å². The lowest BCUT2D eigenvalue weighted by Crippen LogP contribution is -2.51. The number of hydrogen-bond acceptors (Lipinski definition) is 4. The molecule has 0 unspecified atom stereocenters. The first-order valence-corrected chi connectivity index (χ1v) is 9.73. The lowest BCUT2D eigenvalue weighted by atomic mass is 10.2. The van der Waals surface area contributed by atoms with Crippen molar-refractivity contribution in [1.29, 1.82) is 0 Å². The molecule has 2 fully saturated rings. The summed E-state index contributed by atoms with van der Waals surface area (Å²) in [6, 6.07) is 5.89. The van der Waals surface area contributed by atoms with Crippen molar-refractivity contribution in [2.75, 3.05) is 46.8 Å². The van der Waals surface area contributed by atoms with E-state index in [1.54, 1.807) is 0 Å². The second-order valence-electron chi connectivity index (χ2n) is 7.78. The second kappa shape index (κ2) is 7.31. The SMILES string of the molecule is CN(C)CCC(=O)N1CCN(C(=O)c2nc(C3CC3)n3ccccc23)CC1. The molecule has 7 nitrogen and oxygen atoms in total. The van der Waals surface area contributed by atoms with Crippen molar-refractivity contribution in [3.8, 4) is 0 Å². The van der Waals surface area contributed by atoms with E-state index in [0.29, 0.717) is 44.2 Å². The first kappa shape index (κ1) is 18.0. The number of fused-ring (bicyclic) bond motifs is 1. The van der Waals surface area contributed by atoms with Gasteiger partial charge in [-0.25, -0.2) is 4.98 Å². The van der Waals surface area contributed by atoms with Crippen LogP contribution in [0.1, 0.15) is 41.5 Å². The van der Waals surface area contributed by atoms with Gasteiger partial charge in [-0.15, -0.1) is 0 Å². The van der Waals surface area contributed by atoms with E-state index in [2.05, 4.69) is 4.40 Å². The molecular weight excluding hydrogens is 342 g/mol. The smallest absolute Gasteiger partial charge is 0.274 e. The van der Waals surface area contributed by atoms with Crippen LogP contribution in [0.5, 0.6) is 0 Å². The number of piperazine rings is 1. The van der Waals surface area contributed by atoms with Gasteiger partial charge in [0.05, 0.1) is 5.52 Å². The highest BCUT2D eigenvalue weighted by Crippen LogP contribution is 2.40. The number of imidazole rings is 1. The molecule has 27 heavy (non-hydrogen) atoms. The van der Waals surface area contributed by atoms with Crippen LogP contribution in [0.4, 0.5) is 0 Å². The normalized spacial score (nSPS) is 17.7. The summed E-state index contributed by atoms with van der Waals surface area (Å²) in [5, 5.41) is 0. The fourth-order valence-electron chi connectivity index (χ4n) is 3.63. The van der Waals surface area contributed by atoms with Crippen LogP contribution in [-0.2, 0) is 4.79 Å². The Kier molecular flexibility index (Phi) is 4.86. The van der Waals surface area contributed by atoms with Crippen molar-refractivity contribution in [3.05, 3.63) is 35.9 Å². The molecule has 0 N–H and O–H groups in total. The van der Waals surface area contributed by atoms with Gasteiger partial charge in [0.2, 0.25) is 5.91 Å².